The van der Waals surface area contributed by atoms with Crippen molar-refractivity contribution >= 4 is 0 Å². The lowest BCUT2D eigenvalue weighted by Gasteiger charge is -2.26. The number of hydrogen-bond donors (Lipinski definition) is 1. The average molecular weight is 253 g/mol. The topological polar surface area (TPSA) is 62.4 Å². The van der Waals surface area contributed by atoms with E-state index in [0.29, 0.717) is 30.9 Å². The second kappa shape index (κ2) is 6.29. The van der Waals surface area contributed by atoms with E-state index in [1.165, 1.54) is 25.7 Å². The van der Waals surface area contributed by atoms with E-state index in [4.69, 9.17) is 9.63 Å². The van der Waals surface area contributed by atoms with Gasteiger partial charge < -0.3 is 9.63 Å². The summed E-state index contributed by atoms with van der Waals surface area (Å²) in [6.07, 6.45) is 5.00. The first-order valence-corrected chi connectivity index (χ1v) is 6.88. The van der Waals surface area contributed by atoms with E-state index in [-0.39, 0.29) is 6.61 Å². The largest absolute Gasteiger partial charge is 0.395 e. The predicted molar refractivity (Wildman–Crippen MR) is 68.1 cm³/mol. The molecule has 0 aliphatic heterocycles. The lowest BCUT2D eigenvalue weighted by molar-refractivity contribution is 0.130. The second-order valence-electron chi connectivity index (χ2n) is 5.33. The van der Waals surface area contributed by atoms with E-state index in [2.05, 4.69) is 28.9 Å². The summed E-state index contributed by atoms with van der Waals surface area (Å²) in [4.78, 5) is 6.67. The smallest absolute Gasteiger partial charge is 0.240 e. The molecule has 102 valence electrons. The molecule has 1 aliphatic carbocycles. The monoisotopic (exact) mass is 253 g/mol. The quantitative estimate of drug-likeness (QED) is 0.839. The summed E-state index contributed by atoms with van der Waals surface area (Å²) in [5, 5.41) is 13.1. The lowest BCUT2D eigenvalue weighted by Crippen LogP contribution is -2.35. The molecule has 5 nitrogen and oxygen atoms in total. The number of aliphatic hydroxyl groups is 1. The van der Waals surface area contributed by atoms with Crippen LogP contribution >= 0.6 is 0 Å². The van der Waals surface area contributed by atoms with Crippen LogP contribution in [0.5, 0.6) is 0 Å². The van der Waals surface area contributed by atoms with E-state index in [1.54, 1.807) is 0 Å². The third kappa shape index (κ3) is 3.29. The van der Waals surface area contributed by atoms with Gasteiger partial charge in [-0.25, -0.2) is 0 Å². The zero-order chi connectivity index (χ0) is 13.0. The molecule has 0 aromatic carbocycles. The Morgan fingerprint density at radius 3 is 2.67 bits per heavy atom. The first-order valence-electron chi connectivity index (χ1n) is 6.88. The minimum atomic E-state index is 0.182. The summed E-state index contributed by atoms with van der Waals surface area (Å²) in [5.74, 6) is 1.72. The van der Waals surface area contributed by atoms with E-state index in [0.717, 1.165) is 5.82 Å². The highest BCUT2D eigenvalue weighted by molar-refractivity contribution is 4.92. The van der Waals surface area contributed by atoms with Crippen LogP contribution in [0.4, 0.5) is 0 Å². The van der Waals surface area contributed by atoms with Crippen molar-refractivity contribution in [3.8, 4) is 0 Å². The first kappa shape index (κ1) is 13.5. The van der Waals surface area contributed by atoms with Crippen molar-refractivity contribution < 1.29 is 9.63 Å². The fourth-order valence-electron chi connectivity index (χ4n) is 2.53. The molecule has 1 N–H and O–H groups in total. The van der Waals surface area contributed by atoms with Gasteiger partial charge in [0.05, 0.1) is 13.2 Å². The summed E-state index contributed by atoms with van der Waals surface area (Å²) in [6.45, 7) is 5.63. The van der Waals surface area contributed by atoms with Gasteiger partial charge in [0.15, 0.2) is 5.82 Å². The normalized spacial score (nSPS) is 17.2. The summed E-state index contributed by atoms with van der Waals surface area (Å²) in [5.41, 5.74) is 0. The molecule has 1 aliphatic rings. The first-order chi connectivity index (χ1) is 8.70. The molecule has 0 spiro atoms. The summed E-state index contributed by atoms with van der Waals surface area (Å²) in [6, 6.07) is 0.562. The SMILES string of the molecule is CC(C)c1noc(CN(CCO)C2CCCC2)n1. The Bertz CT molecular complexity index is 359. The number of aliphatic hydroxyl groups excluding tert-OH is 1. The number of nitrogens with zero attached hydrogens (tertiary/aromatic N) is 3. The maximum Gasteiger partial charge on any atom is 0.240 e. The molecule has 18 heavy (non-hydrogen) atoms. The van der Waals surface area contributed by atoms with Crippen molar-refractivity contribution in [2.45, 2.75) is 58.0 Å². The van der Waals surface area contributed by atoms with Gasteiger partial charge in [-0.1, -0.05) is 31.8 Å². The van der Waals surface area contributed by atoms with Crippen LogP contribution in [0.25, 0.3) is 0 Å². The van der Waals surface area contributed by atoms with Crippen molar-refractivity contribution in [1.29, 1.82) is 0 Å². The van der Waals surface area contributed by atoms with Gasteiger partial charge in [0.25, 0.3) is 0 Å². The third-order valence-corrected chi connectivity index (χ3v) is 3.57. The Labute approximate surface area is 108 Å². The number of rotatable bonds is 6. The number of hydrogen-bond acceptors (Lipinski definition) is 5. The highest BCUT2D eigenvalue weighted by Gasteiger charge is 2.24. The Kier molecular flexibility index (Phi) is 4.72. The average Bonchev–Trinajstić information content (AvgIpc) is 2.99. The van der Waals surface area contributed by atoms with Gasteiger partial charge in [-0.05, 0) is 12.8 Å². The van der Waals surface area contributed by atoms with Crippen molar-refractivity contribution in [3.05, 3.63) is 11.7 Å². The van der Waals surface area contributed by atoms with Crippen LogP contribution in [-0.4, -0.2) is 39.3 Å². The minimum Gasteiger partial charge on any atom is -0.395 e. The van der Waals surface area contributed by atoms with E-state index in [1.807, 2.05) is 0 Å². The van der Waals surface area contributed by atoms with Crippen LogP contribution in [0, 0.1) is 0 Å². The fourth-order valence-corrected chi connectivity index (χ4v) is 2.53. The second-order valence-corrected chi connectivity index (χ2v) is 5.33. The van der Waals surface area contributed by atoms with Gasteiger partial charge in [-0.3, -0.25) is 4.90 Å². The van der Waals surface area contributed by atoms with Crippen LogP contribution in [0.3, 0.4) is 0 Å². The van der Waals surface area contributed by atoms with Crippen molar-refractivity contribution in [1.82, 2.24) is 15.0 Å². The molecule has 1 heterocycles. The Balaban J connectivity index is 1.98. The Morgan fingerprint density at radius 1 is 1.39 bits per heavy atom. The van der Waals surface area contributed by atoms with Gasteiger partial charge in [0.2, 0.25) is 5.89 Å². The summed E-state index contributed by atoms with van der Waals surface area (Å²) >= 11 is 0. The zero-order valence-corrected chi connectivity index (χ0v) is 11.3. The Morgan fingerprint density at radius 2 is 2.11 bits per heavy atom. The summed E-state index contributed by atoms with van der Waals surface area (Å²) < 4.78 is 5.28. The molecule has 0 amide bonds. The number of aromatic nitrogens is 2. The zero-order valence-electron chi connectivity index (χ0n) is 11.3. The van der Waals surface area contributed by atoms with Crippen LogP contribution < -0.4 is 0 Å². The standard InChI is InChI=1S/C13H23N3O2/c1-10(2)13-14-12(18-15-13)9-16(7-8-17)11-5-3-4-6-11/h10-11,17H,3-9H2,1-2H3. The maximum absolute atomic E-state index is 9.16. The molecular formula is C13H23N3O2. The molecule has 1 aromatic heterocycles. The molecule has 1 aromatic rings. The van der Waals surface area contributed by atoms with E-state index < -0.39 is 0 Å². The van der Waals surface area contributed by atoms with Crippen molar-refractivity contribution in [2.24, 2.45) is 0 Å². The molecule has 0 saturated heterocycles. The van der Waals surface area contributed by atoms with Crippen LogP contribution in [0.2, 0.25) is 0 Å². The van der Waals surface area contributed by atoms with Gasteiger partial charge in [0, 0.05) is 18.5 Å². The van der Waals surface area contributed by atoms with Gasteiger partial charge in [-0.2, -0.15) is 4.98 Å². The van der Waals surface area contributed by atoms with Gasteiger partial charge in [-0.15, -0.1) is 0 Å². The molecule has 0 atom stereocenters. The highest BCUT2D eigenvalue weighted by atomic mass is 16.5. The van der Waals surface area contributed by atoms with Crippen molar-refractivity contribution in [2.75, 3.05) is 13.2 Å². The molecule has 1 saturated carbocycles. The fraction of sp³-hybridized carbons (Fsp3) is 0.846. The summed E-state index contributed by atoms with van der Waals surface area (Å²) in [7, 11) is 0. The minimum absolute atomic E-state index is 0.182. The van der Waals surface area contributed by atoms with Gasteiger partial charge >= 0.3 is 0 Å². The predicted octanol–water partition coefficient (Wildman–Crippen LogP) is 1.93. The van der Waals surface area contributed by atoms with Crippen LogP contribution in [-0.2, 0) is 6.54 Å². The third-order valence-electron chi connectivity index (χ3n) is 3.57. The molecule has 0 unspecified atom stereocenters. The maximum atomic E-state index is 9.16. The van der Waals surface area contributed by atoms with E-state index >= 15 is 0 Å². The van der Waals surface area contributed by atoms with Crippen LogP contribution in [0.1, 0.15) is 57.2 Å². The highest BCUT2D eigenvalue weighted by Crippen LogP contribution is 2.24. The molecule has 1 fully saturated rings. The van der Waals surface area contributed by atoms with E-state index in [9.17, 15) is 0 Å². The molecule has 5 heteroatoms. The lowest BCUT2D eigenvalue weighted by atomic mass is 10.2. The van der Waals surface area contributed by atoms with Crippen LogP contribution in [0.15, 0.2) is 4.52 Å². The molecule has 0 radical (unpaired) electrons. The molecular weight excluding hydrogens is 230 g/mol. The Hall–Kier alpha value is -0.940. The van der Waals surface area contributed by atoms with Gasteiger partial charge in [0.1, 0.15) is 0 Å². The molecule has 0 bridgehead atoms. The van der Waals surface area contributed by atoms with Crippen molar-refractivity contribution in [3.63, 3.8) is 0 Å². The molecule has 2 rings (SSSR count).